The molecule has 0 atom stereocenters. The molecule has 0 N–H and O–H groups in total. The first-order valence-electron chi connectivity index (χ1n) is 8.29. The highest BCUT2D eigenvalue weighted by Crippen LogP contribution is 2.27. The number of nitrogens with zero attached hydrogens (tertiary/aromatic N) is 3. The van der Waals surface area contributed by atoms with Crippen LogP contribution in [0.5, 0.6) is 0 Å². The predicted octanol–water partition coefficient (Wildman–Crippen LogP) is 2.83. The summed E-state index contributed by atoms with van der Waals surface area (Å²) < 4.78 is 1.27. The fraction of sp³-hybridized carbons (Fsp3) is 0.150. The van der Waals surface area contributed by atoms with E-state index >= 15 is 0 Å². The summed E-state index contributed by atoms with van der Waals surface area (Å²) in [6, 6.07) is 19.9. The summed E-state index contributed by atoms with van der Waals surface area (Å²) in [6.07, 6.45) is 1.89. The van der Waals surface area contributed by atoms with Crippen molar-refractivity contribution in [3.05, 3.63) is 88.3 Å². The van der Waals surface area contributed by atoms with Gasteiger partial charge in [0.05, 0.1) is 5.69 Å². The van der Waals surface area contributed by atoms with Crippen LogP contribution in [0.3, 0.4) is 0 Å². The molecule has 0 aliphatic carbocycles. The number of anilines is 1. The summed E-state index contributed by atoms with van der Waals surface area (Å²) in [5.41, 5.74) is 2.74. The van der Waals surface area contributed by atoms with Gasteiger partial charge in [-0.1, -0.05) is 36.4 Å². The number of aryl methyl sites for hydroxylation is 1. The molecule has 0 unspecified atom stereocenters. The monoisotopic (exact) mass is 331 g/mol. The summed E-state index contributed by atoms with van der Waals surface area (Å²) >= 11 is 0. The van der Waals surface area contributed by atoms with Gasteiger partial charge in [-0.05, 0) is 42.7 Å². The van der Waals surface area contributed by atoms with E-state index in [0.29, 0.717) is 12.2 Å². The maximum Gasteiger partial charge on any atom is 0.278 e. The molecule has 1 aliphatic heterocycles. The fourth-order valence-electron chi connectivity index (χ4n) is 3.16. The van der Waals surface area contributed by atoms with Crippen molar-refractivity contribution in [1.29, 1.82) is 0 Å². The minimum absolute atomic E-state index is 0.183. The minimum atomic E-state index is -0.262. The molecule has 5 nitrogen and oxygen atoms in total. The Morgan fingerprint density at radius 2 is 1.68 bits per heavy atom. The third kappa shape index (κ3) is 2.85. The van der Waals surface area contributed by atoms with Gasteiger partial charge in [0.1, 0.15) is 5.69 Å². The molecule has 1 aromatic heterocycles. The smallest absolute Gasteiger partial charge is 0.278 e. The van der Waals surface area contributed by atoms with Crippen LogP contribution in [0.4, 0.5) is 5.69 Å². The van der Waals surface area contributed by atoms with Crippen molar-refractivity contribution in [2.75, 3.05) is 11.4 Å². The van der Waals surface area contributed by atoms with Gasteiger partial charge in [0.15, 0.2) is 0 Å². The molecule has 3 aromatic rings. The van der Waals surface area contributed by atoms with E-state index in [0.717, 1.165) is 18.5 Å². The quantitative estimate of drug-likeness (QED) is 0.725. The van der Waals surface area contributed by atoms with Crippen LogP contribution >= 0.6 is 0 Å². The molecule has 0 saturated heterocycles. The normalized spacial score (nSPS) is 13.4. The molecule has 2 aromatic carbocycles. The van der Waals surface area contributed by atoms with Gasteiger partial charge in [-0.3, -0.25) is 9.59 Å². The van der Waals surface area contributed by atoms with Crippen molar-refractivity contribution >= 4 is 11.6 Å². The van der Waals surface area contributed by atoms with Gasteiger partial charge >= 0.3 is 0 Å². The average Bonchev–Trinajstić information content (AvgIpc) is 2.68. The van der Waals surface area contributed by atoms with E-state index in [1.165, 1.54) is 22.4 Å². The number of hydrogen-bond acceptors (Lipinski definition) is 3. The Balaban J connectivity index is 1.74. The lowest BCUT2D eigenvalue weighted by Crippen LogP contribution is -2.37. The Bertz CT molecular complexity index is 979. The van der Waals surface area contributed by atoms with Gasteiger partial charge in [0.25, 0.3) is 11.5 Å². The van der Waals surface area contributed by atoms with Crippen LogP contribution in [0.2, 0.25) is 0 Å². The lowest BCUT2D eigenvalue weighted by Gasteiger charge is -2.29. The number of benzene rings is 2. The van der Waals surface area contributed by atoms with E-state index in [2.05, 4.69) is 5.10 Å². The first-order chi connectivity index (χ1) is 12.2. The highest BCUT2D eigenvalue weighted by molar-refractivity contribution is 6.05. The lowest BCUT2D eigenvalue weighted by atomic mass is 10.0. The molecule has 1 amide bonds. The van der Waals surface area contributed by atoms with Crippen LogP contribution in [0.25, 0.3) is 5.69 Å². The summed E-state index contributed by atoms with van der Waals surface area (Å²) in [4.78, 5) is 26.9. The topological polar surface area (TPSA) is 55.2 Å². The lowest BCUT2D eigenvalue weighted by molar-refractivity contribution is 0.0978. The molecule has 1 aliphatic rings. The molecule has 0 spiro atoms. The van der Waals surface area contributed by atoms with Gasteiger partial charge in [-0.15, -0.1) is 0 Å². The molecule has 0 bridgehead atoms. The van der Waals surface area contributed by atoms with Gasteiger partial charge in [-0.25, -0.2) is 0 Å². The standard InChI is InChI=1S/C20H17N3O2/c24-19-13-12-17(21-23(19)16-9-2-1-3-10-16)20(25)22-14-6-8-15-7-4-5-11-18(15)22/h1-5,7,9-13H,6,8,14H2. The van der Waals surface area contributed by atoms with Crippen molar-refractivity contribution in [2.24, 2.45) is 0 Å². The predicted molar refractivity (Wildman–Crippen MR) is 96.3 cm³/mol. The van der Waals surface area contributed by atoms with Crippen molar-refractivity contribution in [3.8, 4) is 5.69 Å². The van der Waals surface area contributed by atoms with Crippen LogP contribution in [0, 0.1) is 0 Å². The van der Waals surface area contributed by atoms with Gasteiger partial charge in [0, 0.05) is 18.3 Å². The molecule has 0 saturated carbocycles. The molecule has 4 rings (SSSR count). The number of fused-ring (bicyclic) bond motifs is 1. The van der Waals surface area contributed by atoms with Crippen LogP contribution < -0.4 is 10.5 Å². The van der Waals surface area contributed by atoms with Crippen LogP contribution in [-0.4, -0.2) is 22.2 Å². The first-order valence-corrected chi connectivity index (χ1v) is 8.29. The van der Waals surface area contributed by atoms with Crippen molar-refractivity contribution in [3.63, 3.8) is 0 Å². The number of para-hydroxylation sites is 2. The number of rotatable bonds is 2. The molecule has 0 fully saturated rings. The Morgan fingerprint density at radius 3 is 2.52 bits per heavy atom. The molecular weight excluding hydrogens is 314 g/mol. The average molecular weight is 331 g/mol. The zero-order chi connectivity index (χ0) is 17.2. The van der Waals surface area contributed by atoms with Crippen LogP contribution in [0.1, 0.15) is 22.5 Å². The molecular formula is C20H17N3O2. The Hall–Kier alpha value is -3.21. The Kier molecular flexibility index (Phi) is 3.90. The number of aromatic nitrogens is 2. The second kappa shape index (κ2) is 6.36. The second-order valence-corrected chi connectivity index (χ2v) is 5.99. The first kappa shape index (κ1) is 15.3. The number of carbonyl (C=O) groups excluding carboxylic acids is 1. The fourth-order valence-corrected chi connectivity index (χ4v) is 3.16. The van der Waals surface area contributed by atoms with Crippen LogP contribution in [-0.2, 0) is 6.42 Å². The van der Waals surface area contributed by atoms with Crippen LogP contribution in [0.15, 0.2) is 71.5 Å². The third-order valence-electron chi connectivity index (χ3n) is 4.38. The number of carbonyl (C=O) groups is 1. The summed E-state index contributed by atoms with van der Waals surface area (Å²) in [7, 11) is 0. The van der Waals surface area contributed by atoms with Gasteiger partial charge in [0.2, 0.25) is 0 Å². The SMILES string of the molecule is O=C(c1ccc(=O)n(-c2ccccc2)n1)N1CCCc2ccccc21. The van der Waals surface area contributed by atoms with Gasteiger partial charge in [-0.2, -0.15) is 9.78 Å². The zero-order valence-electron chi connectivity index (χ0n) is 13.6. The Labute approximate surface area is 145 Å². The molecule has 124 valence electrons. The summed E-state index contributed by atoms with van der Waals surface area (Å²) in [5.74, 6) is -0.183. The Morgan fingerprint density at radius 1 is 0.920 bits per heavy atom. The van der Waals surface area contributed by atoms with E-state index < -0.39 is 0 Å². The summed E-state index contributed by atoms with van der Waals surface area (Å²) in [6.45, 7) is 0.655. The molecule has 5 heteroatoms. The van der Waals surface area contributed by atoms with E-state index in [1.807, 2.05) is 42.5 Å². The maximum absolute atomic E-state index is 13.0. The van der Waals surface area contributed by atoms with Crippen molar-refractivity contribution < 1.29 is 4.79 Å². The van der Waals surface area contributed by atoms with E-state index in [1.54, 1.807) is 17.0 Å². The number of amides is 1. The highest BCUT2D eigenvalue weighted by atomic mass is 16.2. The number of hydrogen-bond donors (Lipinski definition) is 0. The van der Waals surface area contributed by atoms with Crippen molar-refractivity contribution in [2.45, 2.75) is 12.8 Å². The molecule has 2 heterocycles. The molecule has 0 radical (unpaired) electrons. The van der Waals surface area contributed by atoms with E-state index in [4.69, 9.17) is 0 Å². The molecule has 25 heavy (non-hydrogen) atoms. The van der Waals surface area contributed by atoms with Gasteiger partial charge < -0.3 is 4.90 Å². The zero-order valence-corrected chi connectivity index (χ0v) is 13.6. The van der Waals surface area contributed by atoms with E-state index in [-0.39, 0.29) is 17.2 Å². The largest absolute Gasteiger partial charge is 0.307 e. The second-order valence-electron chi connectivity index (χ2n) is 5.99. The third-order valence-corrected chi connectivity index (χ3v) is 4.38. The minimum Gasteiger partial charge on any atom is -0.307 e. The summed E-state index contributed by atoms with van der Waals surface area (Å²) in [5, 5.41) is 4.30. The highest BCUT2D eigenvalue weighted by Gasteiger charge is 2.24. The maximum atomic E-state index is 13.0. The van der Waals surface area contributed by atoms with Crippen molar-refractivity contribution in [1.82, 2.24) is 9.78 Å². The van der Waals surface area contributed by atoms with E-state index in [9.17, 15) is 9.59 Å².